The lowest BCUT2D eigenvalue weighted by molar-refractivity contribution is -0.149. The molecule has 0 amide bonds. The van der Waals surface area contributed by atoms with Crippen LogP contribution in [-0.4, -0.2) is 22.9 Å². The molecule has 0 bridgehead atoms. The Bertz CT molecular complexity index is 362. The van der Waals surface area contributed by atoms with Gasteiger partial charge in [0.25, 0.3) is 0 Å². The van der Waals surface area contributed by atoms with Gasteiger partial charge in [0.2, 0.25) is 5.78 Å². The maximum atomic E-state index is 10.8. The number of nitrogens with two attached hydrogens (primary N) is 1. The second-order valence-corrected chi connectivity index (χ2v) is 3.72. The zero-order chi connectivity index (χ0) is 12.0. The van der Waals surface area contributed by atoms with Crippen LogP contribution in [0.4, 0.5) is 0 Å². The van der Waals surface area contributed by atoms with Crippen LogP contribution in [0.5, 0.6) is 0 Å². The van der Waals surface area contributed by atoms with Gasteiger partial charge in [-0.2, -0.15) is 0 Å². The summed E-state index contributed by atoms with van der Waals surface area (Å²) < 4.78 is 0. The topological polar surface area (TPSA) is 80.4 Å². The normalized spacial score (nSPS) is 12.1. The summed E-state index contributed by atoms with van der Waals surface area (Å²) in [6.07, 6.45) is 1.07. The van der Waals surface area contributed by atoms with Gasteiger partial charge in [-0.25, -0.2) is 4.79 Å². The van der Waals surface area contributed by atoms with Crippen LogP contribution in [0.15, 0.2) is 30.3 Å². The lowest BCUT2D eigenvalue weighted by Gasteiger charge is -2.10. The summed E-state index contributed by atoms with van der Waals surface area (Å²) in [6.45, 7) is 0. The first-order chi connectivity index (χ1) is 7.59. The summed E-state index contributed by atoms with van der Waals surface area (Å²) in [7, 11) is 0. The van der Waals surface area contributed by atoms with E-state index < -0.39 is 11.8 Å². The minimum Gasteiger partial charge on any atom is -0.476 e. The fourth-order valence-corrected chi connectivity index (χ4v) is 1.44. The van der Waals surface area contributed by atoms with Gasteiger partial charge in [0, 0.05) is 12.5 Å². The molecule has 0 aliphatic heterocycles. The molecule has 16 heavy (non-hydrogen) atoms. The van der Waals surface area contributed by atoms with Crippen molar-refractivity contribution in [1.29, 1.82) is 0 Å². The second kappa shape index (κ2) is 6.02. The van der Waals surface area contributed by atoms with Crippen LogP contribution in [0.25, 0.3) is 0 Å². The molecule has 1 atom stereocenters. The molecule has 1 aromatic carbocycles. The maximum Gasteiger partial charge on any atom is 0.372 e. The lowest BCUT2D eigenvalue weighted by atomic mass is 10.0. The largest absolute Gasteiger partial charge is 0.476 e. The fraction of sp³-hybridized carbons (Fsp3) is 0.333. The molecular weight excluding hydrogens is 206 g/mol. The molecule has 1 rings (SSSR count). The molecule has 1 aromatic rings. The number of ketones is 1. The molecule has 0 aliphatic rings. The quantitative estimate of drug-likeness (QED) is 0.702. The molecule has 0 aliphatic carbocycles. The van der Waals surface area contributed by atoms with Gasteiger partial charge in [0.05, 0.1) is 0 Å². The number of hydrogen-bond acceptors (Lipinski definition) is 3. The summed E-state index contributed by atoms with van der Waals surface area (Å²) in [6, 6.07) is 9.50. The molecule has 0 aromatic heterocycles. The summed E-state index contributed by atoms with van der Waals surface area (Å²) in [5, 5.41) is 8.39. The number of carbonyl (C=O) groups is 2. The first-order valence-corrected chi connectivity index (χ1v) is 5.15. The minimum atomic E-state index is -1.38. The average Bonchev–Trinajstić information content (AvgIpc) is 2.27. The predicted molar refractivity (Wildman–Crippen MR) is 60.0 cm³/mol. The monoisotopic (exact) mass is 221 g/mol. The zero-order valence-electron chi connectivity index (χ0n) is 8.93. The van der Waals surface area contributed by atoms with Crippen LogP contribution in [0.1, 0.15) is 18.4 Å². The number of carboxylic acid groups (broad SMARTS) is 1. The van der Waals surface area contributed by atoms with Crippen molar-refractivity contribution in [2.75, 3.05) is 0 Å². The third-order valence-corrected chi connectivity index (χ3v) is 2.32. The minimum absolute atomic E-state index is 0.00331. The van der Waals surface area contributed by atoms with E-state index in [-0.39, 0.29) is 12.5 Å². The molecule has 86 valence electrons. The molecule has 0 spiro atoms. The first kappa shape index (κ1) is 12.4. The first-order valence-electron chi connectivity index (χ1n) is 5.15. The molecule has 1 unspecified atom stereocenters. The van der Waals surface area contributed by atoms with Gasteiger partial charge in [-0.05, 0) is 18.4 Å². The summed E-state index contributed by atoms with van der Waals surface area (Å²) in [4.78, 5) is 21.1. The van der Waals surface area contributed by atoms with E-state index in [0.29, 0.717) is 12.8 Å². The van der Waals surface area contributed by atoms with Crippen LogP contribution in [0.3, 0.4) is 0 Å². The molecule has 0 saturated heterocycles. The number of Topliss-reactive ketones (excluding diaryl/α,β-unsaturated/α-hetero) is 1. The zero-order valence-corrected chi connectivity index (χ0v) is 8.93. The Morgan fingerprint density at radius 2 is 1.88 bits per heavy atom. The van der Waals surface area contributed by atoms with Crippen molar-refractivity contribution in [3.05, 3.63) is 35.9 Å². The van der Waals surface area contributed by atoms with E-state index in [9.17, 15) is 9.59 Å². The maximum absolute atomic E-state index is 10.8. The highest BCUT2D eigenvalue weighted by molar-refractivity contribution is 6.32. The standard InChI is InChI=1S/C12H15NO3/c13-10(6-7-11(14)12(15)16)8-9-4-2-1-3-5-9/h1-5,10H,6-8,13H2,(H,15,16). The number of hydrogen-bond donors (Lipinski definition) is 2. The van der Waals surface area contributed by atoms with E-state index in [2.05, 4.69) is 0 Å². The van der Waals surface area contributed by atoms with Gasteiger partial charge in [0.15, 0.2) is 0 Å². The average molecular weight is 221 g/mol. The van der Waals surface area contributed by atoms with Crippen LogP contribution in [0, 0.1) is 0 Å². The van der Waals surface area contributed by atoms with E-state index in [1.165, 1.54) is 0 Å². The van der Waals surface area contributed by atoms with Gasteiger partial charge in [-0.3, -0.25) is 4.79 Å². The molecule has 4 nitrogen and oxygen atoms in total. The lowest BCUT2D eigenvalue weighted by Crippen LogP contribution is -2.25. The Hall–Kier alpha value is -1.68. The smallest absolute Gasteiger partial charge is 0.372 e. The SMILES string of the molecule is NC(CCC(=O)C(=O)O)Cc1ccccc1. The van der Waals surface area contributed by atoms with Crippen LogP contribution < -0.4 is 5.73 Å². The van der Waals surface area contributed by atoms with Crippen LogP contribution in [-0.2, 0) is 16.0 Å². The second-order valence-electron chi connectivity index (χ2n) is 3.72. The molecule has 0 heterocycles. The number of carbonyl (C=O) groups excluding carboxylic acids is 1. The highest BCUT2D eigenvalue weighted by atomic mass is 16.4. The number of benzene rings is 1. The molecule has 0 radical (unpaired) electrons. The van der Waals surface area contributed by atoms with Crippen LogP contribution >= 0.6 is 0 Å². The molecule has 3 N–H and O–H groups in total. The van der Waals surface area contributed by atoms with Gasteiger partial charge in [-0.15, -0.1) is 0 Å². The van der Waals surface area contributed by atoms with Gasteiger partial charge >= 0.3 is 5.97 Å². The molecular formula is C12H15NO3. The predicted octanol–water partition coefficient (Wildman–Crippen LogP) is 0.990. The Labute approximate surface area is 94.1 Å². The Kier molecular flexibility index (Phi) is 4.66. The van der Waals surface area contributed by atoms with Gasteiger partial charge in [-0.1, -0.05) is 30.3 Å². The van der Waals surface area contributed by atoms with Gasteiger partial charge < -0.3 is 10.8 Å². The molecule has 0 saturated carbocycles. The fourth-order valence-electron chi connectivity index (χ4n) is 1.44. The molecule has 0 fully saturated rings. The van der Waals surface area contributed by atoms with Crippen molar-refractivity contribution in [2.24, 2.45) is 5.73 Å². The summed E-state index contributed by atoms with van der Waals surface area (Å²) in [5.41, 5.74) is 6.90. The van der Waals surface area contributed by atoms with E-state index in [1.807, 2.05) is 30.3 Å². The van der Waals surface area contributed by atoms with Crippen molar-refractivity contribution in [2.45, 2.75) is 25.3 Å². The van der Waals surface area contributed by atoms with E-state index in [1.54, 1.807) is 0 Å². The summed E-state index contributed by atoms with van der Waals surface area (Å²) in [5.74, 6) is -2.16. The van der Waals surface area contributed by atoms with Crippen molar-refractivity contribution in [3.63, 3.8) is 0 Å². The molecule has 4 heteroatoms. The highest BCUT2D eigenvalue weighted by Crippen LogP contribution is 2.06. The third kappa shape index (κ3) is 4.23. The van der Waals surface area contributed by atoms with Gasteiger partial charge in [0.1, 0.15) is 0 Å². The van der Waals surface area contributed by atoms with Crippen molar-refractivity contribution >= 4 is 11.8 Å². The van der Waals surface area contributed by atoms with Crippen LogP contribution in [0.2, 0.25) is 0 Å². The van der Waals surface area contributed by atoms with E-state index in [0.717, 1.165) is 5.56 Å². The third-order valence-electron chi connectivity index (χ3n) is 2.32. The van der Waals surface area contributed by atoms with Crippen molar-refractivity contribution in [1.82, 2.24) is 0 Å². The van der Waals surface area contributed by atoms with Crippen molar-refractivity contribution in [3.8, 4) is 0 Å². The number of carboxylic acids is 1. The van der Waals surface area contributed by atoms with E-state index in [4.69, 9.17) is 10.8 Å². The van der Waals surface area contributed by atoms with Crippen molar-refractivity contribution < 1.29 is 14.7 Å². The Morgan fingerprint density at radius 3 is 2.44 bits per heavy atom. The number of aliphatic carboxylic acids is 1. The Balaban J connectivity index is 2.34. The Morgan fingerprint density at radius 1 is 1.25 bits per heavy atom. The number of rotatable bonds is 6. The summed E-state index contributed by atoms with van der Waals surface area (Å²) >= 11 is 0. The highest BCUT2D eigenvalue weighted by Gasteiger charge is 2.13. The van der Waals surface area contributed by atoms with E-state index >= 15 is 0 Å².